The number of anilines is 1. The summed E-state index contributed by atoms with van der Waals surface area (Å²) in [7, 11) is 0. The zero-order valence-electron chi connectivity index (χ0n) is 11.4. The molecule has 19 heavy (non-hydrogen) atoms. The van der Waals surface area contributed by atoms with Crippen LogP contribution in [0.4, 0.5) is 5.69 Å². The van der Waals surface area contributed by atoms with E-state index < -0.39 is 0 Å². The number of carbonyl (C=O) groups is 1. The van der Waals surface area contributed by atoms with E-state index in [2.05, 4.69) is 29.7 Å². The molecular formula is C15H22N2O2. The number of carbonyl (C=O) groups excluding carboxylic acids is 1. The van der Waals surface area contributed by atoms with Crippen molar-refractivity contribution in [2.75, 3.05) is 25.0 Å². The Balaban J connectivity index is 1.60. The summed E-state index contributed by atoms with van der Waals surface area (Å²) in [6.45, 7) is 4.18. The van der Waals surface area contributed by atoms with Crippen molar-refractivity contribution in [3.05, 3.63) is 29.8 Å². The van der Waals surface area contributed by atoms with Crippen LogP contribution < -0.4 is 10.6 Å². The third-order valence-corrected chi connectivity index (χ3v) is 3.25. The quantitative estimate of drug-likeness (QED) is 0.825. The van der Waals surface area contributed by atoms with E-state index in [0.717, 1.165) is 25.1 Å². The second kappa shape index (κ2) is 7.14. The lowest BCUT2D eigenvalue weighted by Crippen LogP contribution is -2.32. The van der Waals surface area contributed by atoms with Crippen LogP contribution in [0, 0.1) is 6.92 Å². The smallest absolute Gasteiger partial charge is 0.221 e. The van der Waals surface area contributed by atoms with Gasteiger partial charge in [-0.05, 0) is 37.5 Å². The van der Waals surface area contributed by atoms with Crippen molar-refractivity contribution in [3.63, 3.8) is 0 Å². The van der Waals surface area contributed by atoms with Crippen molar-refractivity contribution < 1.29 is 9.53 Å². The van der Waals surface area contributed by atoms with Crippen LogP contribution in [-0.4, -0.2) is 31.7 Å². The number of hydrogen-bond donors (Lipinski definition) is 2. The Morgan fingerprint density at radius 2 is 2.37 bits per heavy atom. The Hall–Kier alpha value is -1.55. The Bertz CT molecular complexity index is 414. The van der Waals surface area contributed by atoms with Gasteiger partial charge in [0.1, 0.15) is 0 Å². The molecule has 1 aromatic rings. The van der Waals surface area contributed by atoms with Gasteiger partial charge >= 0.3 is 0 Å². The van der Waals surface area contributed by atoms with Gasteiger partial charge in [-0.25, -0.2) is 0 Å². The Kier molecular flexibility index (Phi) is 5.21. The normalized spacial score (nSPS) is 18.3. The molecule has 1 unspecified atom stereocenters. The van der Waals surface area contributed by atoms with Crippen LogP contribution in [0.5, 0.6) is 0 Å². The molecule has 4 heteroatoms. The molecule has 0 radical (unpaired) electrons. The highest BCUT2D eigenvalue weighted by atomic mass is 16.5. The minimum atomic E-state index is 0.0793. The number of amides is 1. The summed E-state index contributed by atoms with van der Waals surface area (Å²) < 4.78 is 5.46. The molecule has 2 N–H and O–H groups in total. The minimum absolute atomic E-state index is 0.0793. The largest absolute Gasteiger partial charge is 0.385 e. The molecule has 2 rings (SSSR count). The second-order valence-electron chi connectivity index (χ2n) is 4.99. The van der Waals surface area contributed by atoms with Crippen molar-refractivity contribution in [1.82, 2.24) is 5.32 Å². The van der Waals surface area contributed by atoms with Crippen LogP contribution in [-0.2, 0) is 9.53 Å². The summed E-state index contributed by atoms with van der Waals surface area (Å²) in [5.74, 6) is 0.0793. The number of benzene rings is 1. The molecule has 1 fully saturated rings. The molecule has 4 nitrogen and oxygen atoms in total. The summed E-state index contributed by atoms with van der Waals surface area (Å²) in [4.78, 5) is 11.7. The van der Waals surface area contributed by atoms with E-state index in [9.17, 15) is 4.79 Å². The lowest BCUT2D eigenvalue weighted by atomic mass is 10.2. The topological polar surface area (TPSA) is 50.4 Å². The van der Waals surface area contributed by atoms with E-state index >= 15 is 0 Å². The molecule has 0 aliphatic carbocycles. The third-order valence-electron chi connectivity index (χ3n) is 3.25. The van der Waals surface area contributed by atoms with Crippen LogP contribution in [0.25, 0.3) is 0 Å². The maximum absolute atomic E-state index is 11.7. The van der Waals surface area contributed by atoms with Crippen LogP contribution >= 0.6 is 0 Å². The number of hydrogen-bond acceptors (Lipinski definition) is 3. The molecule has 104 valence electrons. The van der Waals surface area contributed by atoms with E-state index in [1.807, 2.05) is 12.1 Å². The van der Waals surface area contributed by atoms with Gasteiger partial charge in [0.05, 0.1) is 6.10 Å². The Morgan fingerprint density at radius 3 is 3.11 bits per heavy atom. The molecule has 1 heterocycles. The molecule has 1 amide bonds. The average molecular weight is 262 g/mol. The van der Waals surface area contributed by atoms with E-state index in [-0.39, 0.29) is 12.0 Å². The van der Waals surface area contributed by atoms with Crippen molar-refractivity contribution in [2.45, 2.75) is 32.3 Å². The summed E-state index contributed by atoms with van der Waals surface area (Å²) in [5.41, 5.74) is 2.28. The van der Waals surface area contributed by atoms with Crippen LogP contribution in [0.15, 0.2) is 24.3 Å². The van der Waals surface area contributed by atoms with Crippen molar-refractivity contribution in [3.8, 4) is 0 Å². The molecular weight excluding hydrogens is 240 g/mol. The standard InChI is InChI=1S/C15H22N2O2/c1-12-4-2-5-13(10-12)16-8-7-15(18)17-11-14-6-3-9-19-14/h2,4-5,10,14,16H,3,6-9,11H2,1H3,(H,17,18). The van der Waals surface area contributed by atoms with Crippen molar-refractivity contribution in [1.29, 1.82) is 0 Å². The van der Waals surface area contributed by atoms with Gasteiger partial charge in [0.25, 0.3) is 0 Å². The number of nitrogens with one attached hydrogen (secondary N) is 2. The summed E-state index contributed by atoms with van der Waals surface area (Å²) >= 11 is 0. The number of rotatable bonds is 6. The zero-order chi connectivity index (χ0) is 13.5. The SMILES string of the molecule is Cc1cccc(NCCC(=O)NCC2CCCO2)c1. The van der Waals surface area contributed by atoms with E-state index in [1.165, 1.54) is 5.56 Å². The first kappa shape index (κ1) is 13.9. The first-order chi connectivity index (χ1) is 9.24. The van der Waals surface area contributed by atoms with Gasteiger partial charge in [0.15, 0.2) is 0 Å². The molecule has 0 saturated carbocycles. The van der Waals surface area contributed by atoms with Crippen LogP contribution in [0.3, 0.4) is 0 Å². The molecule has 1 aliphatic heterocycles. The molecule has 1 aliphatic rings. The molecule has 0 spiro atoms. The van der Waals surface area contributed by atoms with Crippen molar-refractivity contribution in [2.24, 2.45) is 0 Å². The maximum atomic E-state index is 11.7. The second-order valence-corrected chi connectivity index (χ2v) is 4.99. The number of ether oxygens (including phenoxy) is 1. The molecule has 0 bridgehead atoms. The monoisotopic (exact) mass is 262 g/mol. The van der Waals surface area contributed by atoms with Crippen molar-refractivity contribution >= 4 is 11.6 Å². The van der Waals surface area contributed by atoms with Gasteiger partial charge in [0, 0.05) is 31.8 Å². The highest BCUT2D eigenvalue weighted by Gasteiger charge is 2.15. The summed E-state index contributed by atoms with van der Waals surface area (Å²) in [6.07, 6.45) is 2.87. The van der Waals surface area contributed by atoms with E-state index in [1.54, 1.807) is 0 Å². The van der Waals surface area contributed by atoms with E-state index in [4.69, 9.17) is 4.74 Å². The fourth-order valence-corrected chi connectivity index (χ4v) is 2.20. The third kappa shape index (κ3) is 4.91. The fraction of sp³-hybridized carbons (Fsp3) is 0.533. The van der Waals surface area contributed by atoms with Gasteiger partial charge in [-0.15, -0.1) is 0 Å². The van der Waals surface area contributed by atoms with Crippen LogP contribution in [0.1, 0.15) is 24.8 Å². The maximum Gasteiger partial charge on any atom is 0.221 e. The fourth-order valence-electron chi connectivity index (χ4n) is 2.20. The number of aryl methyl sites for hydroxylation is 1. The van der Waals surface area contributed by atoms with Gasteiger partial charge in [0.2, 0.25) is 5.91 Å². The predicted molar refractivity (Wildman–Crippen MR) is 76.3 cm³/mol. The summed E-state index contributed by atoms with van der Waals surface area (Å²) in [6, 6.07) is 8.15. The van der Waals surface area contributed by atoms with Gasteiger partial charge < -0.3 is 15.4 Å². The highest BCUT2D eigenvalue weighted by Crippen LogP contribution is 2.11. The van der Waals surface area contributed by atoms with Gasteiger partial charge in [-0.2, -0.15) is 0 Å². The van der Waals surface area contributed by atoms with Gasteiger partial charge in [-0.3, -0.25) is 4.79 Å². The average Bonchev–Trinajstić information content (AvgIpc) is 2.89. The molecule has 0 aromatic heterocycles. The molecule has 1 atom stereocenters. The Morgan fingerprint density at radius 1 is 1.47 bits per heavy atom. The first-order valence-electron chi connectivity index (χ1n) is 6.93. The minimum Gasteiger partial charge on any atom is -0.385 e. The molecule has 1 aromatic carbocycles. The van der Waals surface area contributed by atoms with E-state index in [0.29, 0.717) is 19.5 Å². The first-order valence-corrected chi connectivity index (χ1v) is 6.93. The highest BCUT2D eigenvalue weighted by molar-refractivity contribution is 5.76. The lowest BCUT2D eigenvalue weighted by molar-refractivity contribution is -0.121. The summed E-state index contributed by atoms with van der Waals surface area (Å²) in [5, 5.41) is 6.17. The lowest BCUT2D eigenvalue weighted by Gasteiger charge is -2.11. The van der Waals surface area contributed by atoms with Crippen LogP contribution in [0.2, 0.25) is 0 Å². The van der Waals surface area contributed by atoms with Gasteiger partial charge in [-0.1, -0.05) is 12.1 Å². The zero-order valence-corrected chi connectivity index (χ0v) is 11.4. The molecule has 1 saturated heterocycles. The predicted octanol–water partition coefficient (Wildman–Crippen LogP) is 2.09. The Labute approximate surface area is 114 Å².